The standard InChI is InChI=1S/C11H16F2N2/c1-7(2)15-6-8(3)10(14-15)9-4-11(12,13)5-9/h6-7,9H,4-5H2,1-3H3. The Bertz CT molecular complexity index is 361. The average molecular weight is 214 g/mol. The zero-order valence-corrected chi connectivity index (χ0v) is 9.30. The van der Waals surface area contributed by atoms with Crippen molar-refractivity contribution in [2.75, 3.05) is 0 Å². The van der Waals surface area contributed by atoms with Gasteiger partial charge >= 0.3 is 0 Å². The second kappa shape index (κ2) is 3.29. The molecule has 0 spiro atoms. The van der Waals surface area contributed by atoms with Crippen LogP contribution < -0.4 is 0 Å². The first kappa shape index (κ1) is 10.6. The number of halogens is 2. The Balaban J connectivity index is 2.16. The van der Waals surface area contributed by atoms with Crippen LogP contribution in [0.3, 0.4) is 0 Å². The summed E-state index contributed by atoms with van der Waals surface area (Å²) in [7, 11) is 0. The lowest BCUT2D eigenvalue weighted by atomic mass is 9.78. The number of aromatic nitrogens is 2. The third-order valence-corrected chi connectivity index (χ3v) is 2.96. The summed E-state index contributed by atoms with van der Waals surface area (Å²) >= 11 is 0. The van der Waals surface area contributed by atoms with Gasteiger partial charge in [0, 0.05) is 31.0 Å². The molecular formula is C11H16F2N2. The molecule has 15 heavy (non-hydrogen) atoms. The highest BCUT2D eigenvalue weighted by Crippen LogP contribution is 2.48. The van der Waals surface area contributed by atoms with E-state index in [1.54, 1.807) is 0 Å². The molecule has 1 saturated carbocycles. The van der Waals surface area contributed by atoms with Gasteiger partial charge in [-0.25, -0.2) is 8.78 Å². The van der Waals surface area contributed by atoms with Gasteiger partial charge in [0.05, 0.1) is 5.69 Å². The van der Waals surface area contributed by atoms with Gasteiger partial charge in [-0.05, 0) is 26.3 Å². The summed E-state index contributed by atoms with van der Waals surface area (Å²) in [6.07, 6.45) is 1.86. The minimum atomic E-state index is -2.46. The van der Waals surface area contributed by atoms with Crippen LogP contribution in [0.15, 0.2) is 6.20 Å². The van der Waals surface area contributed by atoms with E-state index in [9.17, 15) is 8.78 Å². The molecule has 84 valence electrons. The van der Waals surface area contributed by atoms with E-state index in [2.05, 4.69) is 5.10 Å². The van der Waals surface area contributed by atoms with Crippen LogP contribution in [0.25, 0.3) is 0 Å². The molecule has 1 aromatic heterocycles. The van der Waals surface area contributed by atoms with Crippen LogP contribution in [-0.2, 0) is 0 Å². The molecule has 0 bridgehead atoms. The van der Waals surface area contributed by atoms with Crippen LogP contribution in [0.5, 0.6) is 0 Å². The van der Waals surface area contributed by atoms with Gasteiger partial charge in [-0.1, -0.05) is 0 Å². The van der Waals surface area contributed by atoms with E-state index < -0.39 is 5.92 Å². The molecule has 1 heterocycles. The van der Waals surface area contributed by atoms with E-state index >= 15 is 0 Å². The molecule has 1 aromatic rings. The quantitative estimate of drug-likeness (QED) is 0.738. The van der Waals surface area contributed by atoms with Crippen molar-refractivity contribution < 1.29 is 8.78 Å². The van der Waals surface area contributed by atoms with Crippen molar-refractivity contribution in [3.05, 3.63) is 17.5 Å². The zero-order valence-electron chi connectivity index (χ0n) is 9.30. The van der Waals surface area contributed by atoms with Crippen molar-refractivity contribution in [3.8, 4) is 0 Å². The Morgan fingerprint density at radius 1 is 1.47 bits per heavy atom. The Morgan fingerprint density at radius 2 is 2.07 bits per heavy atom. The molecule has 2 rings (SSSR count). The first-order valence-electron chi connectivity index (χ1n) is 5.32. The third kappa shape index (κ3) is 1.90. The van der Waals surface area contributed by atoms with E-state index in [1.807, 2.05) is 31.6 Å². The van der Waals surface area contributed by atoms with Crippen molar-refractivity contribution in [1.29, 1.82) is 0 Å². The normalized spacial score (nSPS) is 20.7. The smallest absolute Gasteiger partial charge is 0.249 e. The van der Waals surface area contributed by atoms with E-state index in [0.29, 0.717) is 0 Å². The topological polar surface area (TPSA) is 17.8 Å². The summed E-state index contributed by atoms with van der Waals surface area (Å²) in [5, 5.41) is 4.38. The molecule has 2 nitrogen and oxygen atoms in total. The number of nitrogens with zero attached hydrogens (tertiary/aromatic N) is 2. The largest absolute Gasteiger partial charge is 0.270 e. The maximum absolute atomic E-state index is 12.7. The number of alkyl halides is 2. The molecule has 0 atom stereocenters. The lowest BCUT2D eigenvalue weighted by Crippen LogP contribution is -2.34. The van der Waals surface area contributed by atoms with E-state index in [0.717, 1.165) is 11.3 Å². The first-order chi connectivity index (χ1) is 6.89. The first-order valence-corrected chi connectivity index (χ1v) is 5.32. The van der Waals surface area contributed by atoms with Crippen molar-refractivity contribution in [2.24, 2.45) is 0 Å². The average Bonchev–Trinajstić information content (AvgIpc) is 2.43. The summed E-state index contributed by atoms with van der Waals surface area (Å²) in [6.45, 7) is 6.01. The summed E-state index contributed by atoms with van der Waals surface area (Å²) in [5.74, 6) is -2.50. The van der Waals surface area contributed by atoms with Crippen molar-refractivity contribution in [3.63, 3.8) is 0 Å². The number of hydrogen-bond acceptors (Lipinski definition) is 1. The molecule has 4 heteroatoms. The molecule has 0 N–H and O–H groups in total. The van der Waals surface area contributed by atoms with Crippen molar-refractivity contribution in [2.45, 2.75) is 51.5 Å². The van der Waals surface area contributed by atoms with Crippen LogP contribution in [0.4, 0.5) is 8.78 Å². The minimum Gasteiger partial charge on any atom is -0.270 e. The Hall–Kier alpha value is -0.930. The molecule has 1 aliphatic rings. The lowest BCUT2D eigenvalue weighted by molar-refractivity contribution is -0.0878. The molecule has 0 amide bonds. The third-order valence-electron chi connectivity index (χ3n) is 2.96. The van der Waals surface area contributed by atoms with Crippen molar-refractivity contribution in [1.82, 2.24) is 9.78 Å². The lowest BCUT2D eigenvalue weighted by Gasteiger charge is -2.34. The fourth-order valence-corrected chi connectivity index (χ4v) is 2.02. The molecule has 0 radical (unpaired) electrons. The minimum absolute atomic E-state index is 0.0387. The molecule has 0 unspecified atom stereocenters. The van der Waals surface area contributed by atoms with Crippen LogP contribution in [0, 0.1) is 6.92 Å². The summed E-state index contributed by atoms with van der Waals surface area (Å²) in [5.41, 5.74) is 1.89. The van der Waals surface area contributed by atoms with Gasteiger partial charge in [-0.2, -0.15) is 5.10 Å². The predicted molar refractivity (Wildman–Crippen MR) is 54.3 cm³/mol. The molecule has 0 aliphatic heterocycles. The maximum atomic E-state index is 12.7. The Labute approximate surface area is 88.3 Å². The van der Waals surface area contributed by atoms with Gasteiger partial charge in [-0.15, -0.1) is 0 Å². The number of hydrogen-bond donors (Lipinski definition) is 0. The summed E-state index contributed by atoms with van der Waals surface area (Å²) in [6, 6.07) is 0.290. The van der Waals surface area contributed by atoms with Crippen LogP contribution in [0.2, 0.25) is 0 Å². The van der Waals surface area contributed by atoms with Gasteiger partial charge in [0.15, 0.2) is 0 Å². The summed E-state index contributed by atoms with van der Waals surface area (Å²) < 4.78 is 27.3. The van der Waals surface area contributed by atoms with Crippen molar-refractivity contribution >= 4 is 0 Å². The molecule has 1 aliphatic carbocycles. The van der Waals surface area contributed by atoms with Gasteiger partial charge in [0.1, 0.15) is 0 Å². The fourth-order valence-electron chi connectivity index (χ4n) is 2.02. The van der Waals surface area contributed by atoms with E-state index in [-0.39, 0.29) is 24.8 Å². The van der Waals surface area contributed by atoms with Crippen LogP contribution >= 0.6 is 0 Å². The molecule has 0 saturated heterocycles. The van der Waals surface area contributed by atoms with Gasteiger partial charge < -0.3 is 0 Å². The fraction of sp³-hybridized carbons (Fsp3) is 0.727. The van der Waals surface area contributed by atoms with Gasteiger partial charge in [-0.3, -0.25) is 4.68 Å². The number of aryl methyl sites for hydroxylation is 1. The second-order valence-electron chi connectivity index (χ2n) is 4.73. The highest BCUT2D eigenvalue weighted by Gasteiger charge is 2.47. The Morgan fingerprint density at radius 3 is 2.47 bits per heavy atom. The number of rotatable bonds is 2. The second-order valence-corrected chi connectivity index (χ2v) is 4.73. The molecule has 1 fully saturated rings. The Kier molecular flexibility index (Phi) is 2.32. The molecule has 0 aromatic carbocycles. The van der Waals surface area contributed by atoms with E-state index in [1.165, 1.54) is 0 Å². The molecular weight excluding hydrogens is 198 g/mol. The SMILES string of the molecule is Cc1cn(C(C)C)nc1C1CC(F)(F)C1. The predicted octanol–water partition coefficient (Wildman–Crippen LogP) is 3.29. The van der Waals surface area contributed by atoms with Gasteiger partial charge in [0.2, 0.25) is 5.92 Å². The summed E-state index contributed by atoms with van der Waals surface area (Å²) in [4.78, 5) is 0. The van der Waals surface area contributed by atoms with Crippen LogP contribution in [0.1, 0.15) is 49.9 Å². The maximum Gasteiger partial charge on any atom is 0.249 e. The van der Waals surface area contributed by atoms with Crippen LogP contribution in [-0.4, -0.2) is 15.7 Å². The monoisotopic (exact) mass is 214 g/mol. The highest BCUT2D eigenvalue weighted by atomic mass is 19.3. The van der Waals surface area contributed by atoms with E-state index in [4.69, 9.17) is 0 Å². The van der Waals surface area contributed by atoms with Gasteiger partial charge in [0.25, 0.3) is 0 Å². The highest BCUT2D eigenvalue weighted by molar-refractivity contribution is 5.23. The zero-order chi connectivity index (χ0) is 11.2.